The van der Waals surface area contributed by atoms with Gasteiger partial charge in [-0.25, -0.2) is 9.97 Å². The fraction of sp³-hybridized carbons (Fsp3) is 0.227. The fourth-order valence-electron chi connectivity index (χ4n) is 3.69. The van der Waals surface area contributed by atoms with Gasteiger partial charge in [0.25, 0.3) is 5.91 Å². The minimum atomic E-state index is -0.300. The Kier molecular flexibility index (Phi) is 4.69. The van der Waals surface area contributed by atoms with E-state index in [1.54, 1.807) is 23.2 Å². The molecule has 4 aromatic rings. The molecule has 0 aliphatic carbocycles. The number of nitrogens with zero attached hydrogens (tertiary/aromatic N) is 3. The lowest BCUT2D eigenvalue weighted by Gasteiger charge is -2.15. The van der Waals surface area contributed by atoms with Crippen LogP contribution in [0.25, 0.3) is 16.7 Å². The average Bonchev–Trinajstić information content (AvgIpc) is 3.31. The second-order valence-corrected chi connectivity index (χ2v) is 7.49. The average molecular weight is 404 g/mol. The Morgan fingerprint density at radius 2 is 2.00 bits per heavy atom. The number of aromatic hydroxyl groups is 1. The van der Waals surface area contributed by atoms with E-state index >= 15 is 0 Å². The van der Waals surface area contributed by atoms with Crippen molar-refractivity contribution in [2.75, 3.05) is 5.73 Å². The van der Waals surface area contributed by atoms with Crippen molar-refractivity contribution in [3.63, 3.8) is 0 Å². The van der Waals surface area contributed by atoms with Gasteiger partial charge in [-0.1, -0.05) is 6.07 Å². The zero-order chi connectivity index (χ0) is 21.6. The zero-order valence-electron chi connectivity index (χ0n) is 17.4. The van der Waals surface area contributed by atoms with Crippen molar-refractivity contribution in [1.82, 2.24) is 24.8 Å². The van der Waals surface area contributed by atoms with Gasteiger partial charge in [0.2, 0.25) is 0 Å². The van der Waals surface area contributed by atoms with Gasteiger partial charge in [-0.05, 0) is 51.0 Å². The van der Waals surface area contributed by atoms with Gasteiger partial charge in [-0.15, -0.1) is 0 Å². The number of aryl methyl sites for hydroxylation is 3. The van der Waals surface area contributed by atoms with Crippen LogP contribution in [0.1, 0.15) is 38.4 Å². The van der Waals surface area contributed by atoms with Crippen LogP contribution in [-0.4, -0.2) is 30.5 Å². The first-order valence-electron chi connectivity index (χ1n) is 9.62. The fourth-order valence-corrected chi connectivity index (χ4v) is 3.69. The number of rotatable bonds is 4. The van der Waals surface area contributed by atoms with Gasteiger partial charge in [-0.2, -0.15) is 0 Å². The lowest BCUT2D eigenvalue weighted by molar-refractivity contribution is 0.0953. The number of fused-ring (bicyclic) bond motifs is 1. The summed E-state index contributed by atoms with van der Waals surface area (Å²) in [5.74, 6) is 0.138. The lowest BCUT2D eigenvalue weighted by Crippen LogP contribution is -2.24. The van der Waals surface area contributed by atoms with Gasteiger partial charge >= 0.3 is 0 Å². The summed E-state index contributed by atoms with van der Waals surface area (Å²) in [4.78, 5) is 24.8. The number of hydrogen-bond donors (Lipinski definition) is 4. The molecule has 0 unspecified atom stereocenters. The third-order valence-electron chi connectivity index (χ3n) is 5.47. The van der Waals surface area contributed by atoms with E-state index in [1.165, 1.54) is 0 Å². The first-order valence-corrected chi connectivity index (χ1v) is 9.62. The number of anilines is 1. The van der Waals surface area contributed by atoms with Crippen molar-refractivity contribution in [3.8, 4) is 11.4 Å². The van der Waals surface area contributed by atoms with Crippen molar-refractivity contribution in [1.29, 1.82) is 0 Å². The quantitative estimate of drug-likeness (QED) is 0.416. The molecule has 0 spiro atoms. The molecule has 154 valence electrons. The van der Waals surface area contributed by atoms with E-state index in [4.69, 9.17) is 10.7 Å². The molecule has 0 saturated heterocycles. The van der Waals surface area contributed by atoms with Crippen molar-refractivity contribution >= 4 is 22.8 Å². The molecule has 0 aliphatic heterocycles. The van der Waals surface area contributed by atoms with Crippen LogP contribution in [-0.2, 0) is 6.54 Å². The molecule has 30 heavy (non-hydrogen) atoms. The third kappa shape index (κ3) is 3.06. The summed E-state index contributed by atoms with van der Waals surface area (Å²) in [6, 6.07) is 5.40. The zero-order valence-corrected chi connectivity index (χ0v) is 17.4. The molecule has 0 saturated carbocycles. The molecule has 3 heterocycles. The summed E-state index contributed by atoms with van der Waals surface area (Å²) in [5.41, 5.74) is 12.4. The normalized spacial score (nSPS) is 11.2. The molecular weight excluding hydrogens is 380 g/mol. The number of nitrogens with one attached hydrogen (secondary N) is 2. The SMILES string of the molecule is Cc1cc2c(C(=O)NCc3cnc[nH]3)c(N)n(-c3c(C)ccc(O)c3C)c2nc1C. The number of aromatic amines is 1. The topological polar surface area (TPSA) is 122 Å². The Balaban J connectivity index is 1.94. The number of hydrogen-bond acceptors (Lipinski definition) is 5. The summed E-state index contributed by atoms with van der Waals surface area (Å²) < 4.78 is 1.76. The van der Waals surface area contributed by atoms with Crippen LogP contribution < -0.4 is 11.1 Å². The lowest BCUT2D eigenvalue weighted by atomic mass is 10.1. The molecule has 0 aliphatic rings. The number of H-pyrrole nitrogens is 1. The van der Waals surface area contributed by atoms with E-state index in [0.29, 0.717) is 28.7 Å². The van der Waals surface area contributed by atoms with Crippen molar-refractivity contribution < 1.29 is 9.90 Å². The predicted octanol–water partition coefficient (Wildman–Crippen LogP) is 3.20. The Hall–Kier alpha value is -3.81. The van der Waals surface area contributed by atoms with Gasteiger partial charge in [0.15, 0.2) is 0 Å². The maximum atomic E-state index is 13.1. The largest absolute Gasteiger partial charge is 0.508 e. The van der Waals surface area contributed by atoms with Gasteiger partial charge in [0.05, 0.1) is 29.8 Å². The Morgan fingerprint density at radius 1 is 1.23 bits per heavy atom. The maximum Gasteiger partial charge on any atom is 0.256 e. The number of nitrogen functional groups attached to an aromatic ring is 1. The summed E-state index contributed by atoms with van der Waals surface area (Å²) in [5, 5.41) is 13.8. The summed E-state index contributed by atoms with van der Waals surface area (Å²) >= 11 is 0. The number of nitrogens with two attached hydrogens (primary N) is 1. The molecule has 1 amide bonds. The highest BCUT2D eigenvalue weighted by atomic mass is 16.3. The summed E-state index contributed by atoms with van der Waals surface area (Å²) in [7, 11) is 0. The molecule has 3 aromatic heterocycles. The monoisotopic (exact) mass is 404 g/mol. The predicted molar refractivity (Wildman–Crippen MR) is 116 cm³/mol. The highest BCUT2D eigenvalue weighted by Gasteiger charge is 2.25. The summed E-state index contributed by atoms with van der Waals surface area (Å²) in [6.45, 7) is 7.93. The maximum absolute atomic E-state index is 13.1. The molecule has 8 heteroatoms. The minimum absolute atomic E-state index is 0.158. The van der Waals surface area contributed by atoms with Gasteiger partial charge in [0.1, 0.15) is 17.2 Å². The standard InChI is InChI=1S/C22H24N6O2/c1-11-5-6-17(29)13(3)19(11)28-20(23)18(16-7-12(2)14(4)27-21(16)28)22(30)25-9-15-8-24-10-26-15/h5-8,10,29H,9,23H2,1-4H3,(H,24,26)(H,25,30). The second-order valence-electron chi connectivity index (χ2n) is 7.49. The van der Waals surface area contributed by atoms with Gasteiger partial charge < -0.3 is 21.1 Å². The molecule has 0 bridgehead atoms. The Morgan fingerprint density at radius 3 is 2.70 bits per heavy atom. The first kappa shape index (κ1) is 19.5. The number of imidazole rings is 1. The third-order valence-corrected chi connectivity index (χ3v) is 5.47. The number of phenols is 1. The van der Waals surface area contributed by atoms with E-state index in [2.05, 4.69) is 15.3 Å². The number of benzene rings is 1. The highest BCUT2D eigenvalue weighted by molar-refractivity contribution is 6.11. The molecular formula is C22H24N6O2. The van der Waals surface area contributed by atoms with E-state index in [0.717, 1.165) is 28.2 Å². The number of aromatic nitrogens is 4. The number of pyridine rings is 1. The molecule has 0 fully saturated rings. The van der Waals surface area contributed by atoms with Crippen LogP contribution in [0.5, 0.6) is 5.75 Å². The van der Waals surface area contributed by atoms with E-state index in [9.17, 15) is 9.90 Å². The van der Waals surface area contributed by atoms with Crippen LogP contribution in [0.3, 0.4) is 0 Å². The van der Waals surface area contributed by atoms with Crippen molar-refractivity contribution in [2.45, 2.75) is 34.2 Å². The second kappa shape index (κ2) is 7.22. The van der Waals surface area contributed by atoms with Crippen molar-refractivity contribution in [3.05, 3.63) is 64.4 Å². The van der Waals surface area contributed by atoms with Crippen LogP contribution in [0.15, 0.2) is 30.7 Å². The van der Waals surface area contributed by atoms with E-state index in [-0.39, 0.29) is 17.5 Å². The molecule has 0 atom stereocenters. The van der Waals surface area contributed by atoms with Gasteiger partial charge in [0, 0.05) is 22.8 Å². The van der Waals surface area contributed by atoms with E-state index < -0.39 is 0 Å². The van der Waals surface area contributed by atoms with E-state index in [1.807, 2.05) is 39.8 Å². The number of carbonyl (C=O) groups is 1. The molecule has 0 radical (unpaired) electrons. The van der Waals surface area contributed by atoms with Crippen LogP contribution >= 0.6 is 0 Å². The summed E-state index contributed by atoms with van der Waals surface area (Å²) in [6.07, 6.45) is 3.21. The van der Waals surface area contributed by atoms with Gasteiger partial charge in [-0.3, -0.25) is 9.36 Å². The highest BCUT2D eigenvalue weighted by Crippen LogP contribution is 2.36. The number of amides is 1. The van der Waals surface area contributed by atoms with Crippen LogP contribution in [0.2, 0.25) is 0 Å². The minimum Gasteiger partial charge on any atom is -0.508 e. The molecule has 5 N–H and O–H groups in total. The first-order chi connectivity index (χ1) is 14.3. The number of carbonyl (C=O) groups excluding carboxylic acids is 1. The van der Waals surface area contributed by atoms with Crippen molar-refractivity contribution in [2.24, 2.45) is 0 Å². The van der Waals surface area contributed by atoms with Crippen LogP contribution in [0, 0.1) is 27.7 Å². The van der Waals surface area contributed by atoms with Crippen LogP contribution in [0.4, 0.5) is 5.82 Å². The Bertz CT molecular complexity index is 1270. The number of phenolic OH excluding ortho intramolecular Hbond substituents is 1. The molecule has 4 rings (SSSR count). The molecule has 8 nitrogen and oxygen atoms in total. The Labute approximate surface area is 173 Å². The molecule has 1 aromatic carbocycles. The smallest absolute Gasteiger partial charge is 0.256 e.